The molecule has 4 heteroatoms. The van der Waals surface area contributed by atoms with Gasteiger partial charge in [0.15, 0.2) is 0 Å². The largest absolute Gasteiger partial charge is 0.469 e. The summed E-state index contributed by atoms with van der Waals surface area (Å²) in [6, 6.07) is 0. The second-order valence-corrected chi connectivity index (χ2v) is 5.66. The van der Waals surface area contributed by atoms with Crippen LogP contribution in [0.1, 0.15) is 26.7 Å². The van der Waals surface area contributed by atoms with Crippen LogP contribution in [0.25, 0.3) is 0 Å². The van der Waals surface area contributed by atoms with Crippen molar-refractivity contribution in [2.45, 2.75) is 26.7 Å². The van der Waals surface area contributed by atoms with E-state index < -0.39 is 5.41 Å². The fourth-order valence-electron chi connectivity index (χ4n) is 2.47. The van der Waals surface area contributed by atoms with Crippen molar-refractivity contribution in [3.8, 4) is 0 Å². The van der Waals surface area contributed by atoms with E-state index in [1.807, 2.05) is 13.8 Å². The van der Waals surface area contributed by atoms with E-state index in [1.165, 1.54) is 13.5 Å². The Hall–Kier alpha value is -0.610. The number of hydrogen-bond acceptors (Lipinski definition) is 4. The van der Waals surface area contributed by atoms with E-state index >= 15 is 0 Å². The number of esters is 1. The van der Waals surface area contributed by atoms with E-state index in [2.05, 4.69) is 11.9 Å². The minimum atomic E-state index is -0.445. The van der Waals surface area contributed by atoms with Crippen molar-refractivity contribution < 1.29 is 14.3 Å². The van der Waals surface area contributed by atoms with Crippen molar-refractivity contribution in [3.63, 3.8) is 0 Å². The fraction of sp³-hybridized carbons (Fsp3) is 0.923. The lowest BCUT2D eigenvalue weighted by molar-refractivity contribution is -0.151. The first-order chi connectivity index (χ1) is 7.95. The van der Waals surface area contributed by atoms with Gasteiger partial charge in [0.1, 0.15) is 0 Å². The van der Waals surface area contributed by atoms with Gasteiger partial charge >= 0.3 is 5.97 Å². The minimum Gasteiger partial charge on any atom is -0.469 e. The number of rotatable bonds is 5. The second kappa shape index (κ2) is 6.36. The Morgan fingerprint density at radius 3 is 2.76 bits per heavy atom. The van der Waals surface area contributed by atoms with Gasteiger partial charge in [0.05, 0.1) is 19.1 Å². The van der Waals surface area contributed by atoms with Gasteiger partial charge in [0, 0.05) is 19.7 Å². The summed E-state index contributed by atoms with van der Waals surface area (Å²) < 4.78 is 10.3. The van der Waals surface area contributed by atoms with Crippen LogP contribution in [-0.4, -0.2) is 51.3 Å². The summed E-state index contributed by atoms with van der Waals surface area (Å²) in [6.45, 7) is 7.30. The first-order valence-electron chi connectivity index (χ1n) is 6.30. The summed E-state index contributed by atoms with van der Waals surface area (Å²) in [4.78, 5) is 13.8. The molecule has 0 radical (unpaired) electrons. The van der Waals surface area contributed by atoms with Gasteiger partial charge in [0.25, 0.3) is 0 Å². The van der Waals surface area contributed by atoms with Crippen LogP contribution in [0, 0.1) is 11.3 Å². The average Bonchev–Trinajstić information content (AvgIpc) is 2.28. The third kappa shape index (κ3) is 4.64. The van der Waals surface area contributed by atoms with Crippen LogP contribution in [0.2, 0.25) is 0 Å². The van der Waals surface area contributed by atoms with Gasteiger partial charge < -0.3 is 14.4 Å². The molecule has 0 aromatic rings. The molecule has 0 aromatic carbocycles. The molecule has 1 heterocycles. The molecule has 1 fully saturated rings. The Kier molecular flexibility index (Phi) is 5.40. The van der Waals surface area contributed by atoms with Gasteiger partial charge in [-0.05, 0) is 39.7 Å². The zero-order chi connectivity index (χ0) is 12.9. The number of carbonyl (C=O) groups is 1. The Balaban J connectivity index is 2.37. The Bertz CT molecular complexity index is 247. The summed E-state index contributed by atoms with van der Waals surface area (Å²) in [6.07, 6.45) is 2.38. The quantitative estimate of drug-likeness (QED) is 0.687. The van der Waals surface area contributed by atoms with Gasteiger partial charge in [-0.2, -0.15) is 0 Å². The SMILES string of the molecule is COC(=O)C(C)(C)CN(C)CC1CCCOC1. The van der Waals surface area contributed by atoms with E-state index in [0.29, 0.717) is 5.92 Å². The molecule has 0 aliphatic carbocycles. The first-order valence-corrected chi connectivity index (χ1v) is 6.30. The molecule has 4 nitrogen and oxygen atoms in total. The van der Waals surface area contributed by atoms with Crippen molar-refractivity contribution >= 4 is 5.97 Å². The monoisotopic (exact) mass is 243 g/mol. The third-order valence-corrected chi connectivity index (χ3v) is 3.23. The van der Waals surface area contributed by atoms with Crippen LogP contribution in [0.4, 0.5) is 0 Å². The van der Waals surface area contributed by atoms with Crippen molar-refractivity contribution in [2.24, 2.45) is 11.3 Å². The highest BCUT2D eigenvalue weighted by atomic mass is 16.5. The van der Waals surface area contributed by atoms with Gasteiger partial charge in [-0.3, -0.25) is 4.79 Å². The summed E-state index contributed by atoms with van der Waals surface area (Å²) in [5, 5.41) is 0. The zero-order valence-electron chi connectivity index (χ0n) is 11.5. The molecule has 1 atom stereocenters. The average molecular weight is 243 g/mol. The molecule has 17 heavy (non-hydrogen) atoms. The van der Waals surface area contributed by atoms with Crippen LogP contribution in [0.3, 0.4) is 0 Å². The number of hydrogen-bond donors (Lipinski definition) is 0. The molecule has 1 saturated heterocycles. The number of nitrogens with zero attached hydrogens (tertiary/aromatic N) is 1. The molecule has 100 valence electrons. The number of methoxy groups -OCH3 is 1. The molecule has 0 amide bonds. The van der Waals surface area contributed by atoms with Gasteiger partial charge in [-0.15, -0.1) is 0 Å². The highest BCUT2D eigenvalue weighted by Gasteiger charge is 2.30. The molecule has 0 bridgehead atoms. The van der Waals surface area contributed by atoms with Crippen LogP contribution >= 0.6 is 0 Å². The van der Waals surface area contributed by atoms with Gasteiger partial charge in [-0.25, -0.2) is 0 Å². The van der Waals surface area contributed by atoms with E-state index in [1.54, 1.807) is 0 Å². The molecule has 1 rings (SSSR count). The van der Waals surface area contributed by atoms with E-state index in [9.17, 15) is 4.79 Å². The van der Waals surface area contributed by atoms with Crippen molar-refractivity contribution in [1.29, 1.82) is 0 Å². The molecule has 1 aliphatic heterocycles. The van der Waals surface area contributed by atoms with Crippen molar-refractivity contribution in [3.05, 3.63) is 0 Å². The summed E-state index contributed by atoms with van der Waals surface area (Å²) in [7, 11) is 3.50. The van der Waals surface area contributed by atoms with E-state index in [-0.39, 0.29) is 5.97 Å². The van der Waals surface area contributed by atoms with Crippen LogP contribution in [0.15, 0.2) is 0 Å². The summed E-state index contributed by atoms with van der Waals surface area (Å²) in [5.74, 6) is 0.450. The molecule has 0 spiro atoms. The highest BCUT2D eigenvalue weighted by Crippen LogP contribution is 2.20. The summed E-state index contributed by atoms with van der Waals surface area (Å²) in [5.41, 5.74) is -0.445. The normalized spacial score (nSPS) is 21.6. The van der Waals surface area contributed by atoms with Crippen LogP contribution in [-0.2, 0) is 14.3 Å². The second-order valence-electron chi connectivity index (χ2n) is 5.66. The predicted molar refractivity (Wildman–Crippen MR) is 66.8 cm³/mol. The molecule has 0 N–H and O–H groups in total. The van der Waals surface area contributed by atoms with Crippen molar-refractivity contribution in [2.75, 3.05) is 40.5 Å². The Labute approximate surface area is 104 Å². The molecular formula is C13H25NO3. The minimum absolute atomic E-state index is 0.149. The van der Waals surface area contributed by atoms with Crippen LogP contribution < -0.4 is 0 Å². The maximum absolute atomic E-state index is 11.6. The maximum Gasteiger partial charge on any atom is 0.312 e. The smallest absolute Gasteiger partial charge is 0.312 e. The molecule has 0 aromatic heterocycles. The number of ether oxygens (including phenoxy) is 2. The molecule has 1 unspecified atom stereocenters. The predicted octanol–water partition coefficient (Wildman–Crippen LogP) is 1.54. The molecular weight excluding hydrogens is 218 g/mol. The molecule has 1 aliphatic rings. The number of carbonyl (C=O) groups excluding carboxylic acids is 1. The maximum atomic E-state index is 11.6. The van der Waals surface area contributed by atoms with Crippen molar-refractivity contribution in [1.82, 2.24) is 4.90 Å². The topological polar surface area (TPSA) is 38.8 Å². The third-order valence-electron chi connectivity index (χ3n) is 3.23. The lowest BCUT2D eigenvalue weighted by Crippen LogP contribution is -2.41. The highest BCUT2D eigenvalue weighted by molar-refractivity contribution is 5.76. The van der Waals surface area contributed by atoms with Gasteiger partial charge in [0.2, 0.25) is 0 Å². The fourth-order valence-corrected chi connectivity index (χ4v) is 2.47. The summed E-state index contributed by atoms with van der Waals surface area (Å²) >= 11 is 0. The zero-order valence-corrected chi connectivity index (χ0v) is 11.5. The first kappa shape index (κ1) is 14.5. The lowest BCUT2D eigenvalue weighted by atomic mass is 9.92. The standard InChI is InChI=1S/C13H25NO3/c1-13(2,12(15)16-4)10-14(3)8-11-6-5-7-17-9-11/h11H,5-10H2,1-4H3. The Morgan fingerprint density at radius 1 is 1.53 bits per heavy atom. The Morgan fingerprint density at radius 2 is 2.24 bits per heavy atom. The lowest BCUT2D eigenvalue weighted by Gasteiger charge is -2.31. The van der Waals surface area contributed by atoms with E-state index in [0.717, 1.165) is 32.7 Å². The van der Waals surface area contributed by atoms with Crippen LogP contribution in [0.5, 0.6) is 0 Å². The molecule has 0 saturated carbocycles. The van der Waals surface area contributed by atoms with Gasteiger partial charge in [-0.1, -0.05) is 0 Å². The van der Waals surface area contributed by atoms with E-state index in [4.69, 9.17) is 9.47 Å².